The highest BCUT2D eigenvalue weighted by molar-refractivity contribution is 6.06. The summed E-state index contributed by atoms with van der Waals surface area (Å²) < 4.78 is 55.9. The first-order valence-electron chi connectivity index (χ1n) is 12.7. The van der Waals surface area contributed by atoms with E-state index >= 15 is 4.39 Å². The van der Waals surface area contributed by atoms with Gasteiger partial charge in [0, 0.05) is 29.6 Å². The molecule has 8 nitrogen and oxygen atoms in total. The number of carbonyl (C=O) groups is 2. The lowest BCUT2D eigenvalue weighted by molar-refractivity contribution is -0.137. The highest BCUT2D eigenvalue weighted by Crippen LogP contribution is 2.37. The highest BCUT2D eigenvalue weighted by Gasteiger charge is 2.31. The van der Waals surface area contributed by atoms with Crippen LogP contribution in [0.1, 0.15) is 58.2 Å². The van der Waals surface area contributed by atoms with Crippen molar-refractivity contribution in [2.75, 3.05) is 10.6 Å². The number of amides is 2. The topological polar surface area (TPSA) is 115 Å². The fourth-order valence-corrected chi connectivity index (χ4v) is 4.63. The predicted octanol–water partition coefficient (Wildman–Crippen LogP) is 6.05. The van der Waals surface area contributed by atoms with Gasteiger partial charge in [-0.3, -0.25) is 9.59 Å². The van der Waals surface area contributed by atoms with Crippen LogP contribution in [0.3, 0.4) is 0 Å². The van der Waals surface area contributed by atoms with Crippen molar-refractivity contribution in [3.05, 3.63) is 88.4 Å². The first-order chi connectivity index (χ1) is 19.2. The molecule has 0 atom stereocenters. The zero-order valence-corrected chi connectivity index (χ0v) is 22.4. The molecular formula is C29H26F4N6O2. The molecule has 1 aliphatic heterocycles. The van der Waals surface area contributed by atoms with Gasteiger partial charge in [-0.05, 0) is 59.4 Å². The van der Waals surface area contributed by atoms with Crippen molar-refractivity contribution >= 4 is 29.1 Å². The molecule has 12 heteroatoms. The minimum Gasteiger partial charge on any atom is -0.365 e. The van der Waals surface area contributed by atoms with Gasteiger partial charge in [-0.15, -0.1) is 0 Å². The summed E-state index contributed by atoms with van der Waals surface area (Å²) in [5, 5.41) is 9.96. The van der Waals surface area contributed by atoms with E-state index in [0.29, 0.717) is 24.8 Å². The molecule has 41 heavy (non-hydrogen) atoms. The summed E-state index contributed by atoms with van der Waals surface area (Å²) in [5.41, 5.74) is 7.40. The number of anilines is 3. The number of nitrogens with two attached hydrogens (primary N) is 1. The molecule has 0 radical (unpaired) electrons. The third-order valence-electron chi connectivity index (χ3n) is 6.83. The second-order valence-corrected chi connectivity index (χ2v) is 10.7. The maximum Gasteiger partial charge on any atom is 0.416 e. The van der Waals surface area contributed by atoms with Gasteiger partial charge in [0.05, 0.1) is 5.56 Å². The number of nitrogens with one attached hydrogen (secondary N) is 2. The van der Waals surface area contributed by atoms with Gasteiger partial charge >= 0.3 is 6.18 Å². The fourth-order valence-electron chi connectivity index (χ4n) is 4.63. The zero-order valence-electron chi connectivity index (χ0n) is 22.4. The summed E-state index contributed by atoms with van der Waals surface area (Å²) in [4.78, 5) is 28.9. The van der Waals surface area contributed by atoms with Gasteiger partial charge in [0.15, 0.2) is 0 Å². The summed E-state index contributed by atoms with van der Waals surface area (Å²) in [6.07, 6.45) is -3.11. The maximum atomic E-state index is 15.4. The lowest BCUT2D eigenvalue weighted by atomic mass is 9.85. The van der Waals surface area contributed by atoms with Crippen molar-refractivity contribution in [2.45, 2.75) is 45.3 Å². The molecule has 2 amide bonds. The molecule has 212 valence electrons. The molecule has 0 unspecified atom stereocenters. The number of fused-ring (bicyclic) bond motifs is 2. The zero-order chi connectivity index (χ0) is 29.7. The Balaban J connectivity index is 1.45. The Bertz CT molecular complexity index is 1690. The van der Waals surface area contributed by atoms with E-state index in [4.69, 9.17) is 5.73 Å². The number of pyridine rings is 1. The first-order valence-corrected chi connectivity index (χ1v) is 12.7. The molecule has 0 bridgehead atoms. The highest BCUT2D eigenvalue weighted by atomic mass is 19.4. The summed E-state index contributed by atoms with van der Waals surface area (Å²) in [5.74, 6) is -2.58. The van der Waals surface area contributed by atoms with Crippen LogP contribution in [-0.4, -0.2) is 26.6 Å². The van der Waals surface area contributed by atoms with E-state index in [1.807, 2.05) is 12.1 Å². The number of primary amides is 1. The molecule has 4 N–H and O–H groups in total. The molecule has 1 aliphatic rings. The van der Waals surface area contributed by atoms with E-state index in [2.05, 4.69) is 47.6 Å². The molecule has 0 fully saturated rings. The first kappa shape index (κ1) is 27.8. The number of nitrogens with zero attached hydrogens (tertiary/aromatic N) is 3. The molecule has 0 spiro atoms. The minimum atomic E-state index is -4.62. The van der Waals surface area contributed by atoms with Crippen LogP contribution in [0.4, 0.5) is 34.9 Å². The monoisotopic (exact) mass is 566 g/mol. The quantitative estimate of drug-likeness (QED) is 0.260. The molecule has 5 rings (SSSR count). The van der Waals surface area contributed by atoms with E-state index in [1.165, 1.54) is 12.1 Å². The van der Waals surface area contributed by atoms with Crippen molar-refractivity contribution in [1.29, 1.82) is 0 Å². The fraction of sp³-hybridized carbons (Fsp3) is 0.241. The van der Waals surface area contributed by atoms with Gasteiger partial charge in [-0.2, -0.15) is 18.3 Å². The van der Waals surface area contributed by atoms with Crippen LogP contribution in [0.15, 0.2) is 54.7 Å². The second kappa shape index (κ2) is 10.0. The van der Waals surface area contributed by atoms with Crippen molar-refractivity contribution in [3.63, 3.8) is 0 Å². The van der Waals surface area contributed by atoms with Crippen molar-refractivity contribution in [2.24, 2.45) is 5.73 Å². The van der Waals surface area contributed by atoms with Gasteiger partial charge in [0.2, 0.25) is 0 Å². The molecule has 0 aliphatic carbocycles. The number of halogens is 4. The molecular weight excluding hydrogens is 540 g/mol. The van der Waals surface area contributed by atoms with Crippen LogP contribution < -0.4 is 16.4 Å². The molecule has 2 aromatic carbocycles. The average Bonchev–Trinajstić information content (AvgIpc) is 3.15. The Morgan fingerprint density at radius 3 is 2.44 bits per heavy atom. The normalized spacial score (nSPS) is 13.0. The van der Waals surface area contributed by atoms with Crippen molar-refractivity contribution in [1.82, 2.24) is 14.8 Å². The number of benzene rings is 2. The van der Waals surface area contributed by atoms with E-state index in [-0.39, 0.29) is 33.6 Å². The number of aryl methyl sites for hydroxylation is 2. The van der Waals surface area contributed by atoms with E-state index < -0.39 is 29.4 Å². The summed E-state index contributed by atoms with van der Waals surface area (Å²) in [6, 6.07) is 10.9. The Morgan fingerprint density at radius 1 is 1.02 bits per heavy atom. The number of hydrogen-bond acceptors (Lipinski definition) is 5. The van der Waals surface area contributed by atoms with Gasteiger partial charge < -0.3 is 16.4 Å². The van der Waals surface area contributed by atoms with Crippen LogP contribution in [0.2, 0.25) is 0 Å². The smallest absolute Gasteiger partial charge is 0.365 e. The van der Waals surface area contributed by atoms with Crippen LogP contribution in [0.25, 0.3) is 11.3 Å². The lowest BCUT2D eigenvalue weighted by Crippen LogP contribution is -2.15. The largest absolute Gasteiger partial charge is 0.416 e. The van der Waals surface area contributed by atoms with E-state index in [1.54, 1.807) is 4.68 Å². The molecule has 3 heterocycles. The number of carbonyl (C=O) groups excluding carboxylic acids is 2. The van der Waals surface area contributed by atoms with Crippen LogP contribution >= 0.6 is 0 Å². The van der Waals surface area contributed by atoms with Crippen LogP contribution in [0, 0.1) is 5.82 Å². The number of rotatable bonds is 4. The molecule has 0 saturated carbocycles. The Hall–Kier alpha value is -4.74. The third-order valence-corrected chi connectivity index (χ3v) is 6.83. The SMILES string of the molecule is CC(C)(C)c1ccc2c(c1)CCn1nc(-c3ccc(C(=O)Nc4cc(C(F)(F)F)ccn4)cc3F)c(C(N)=O)c1N2. The van der Waals surface area contributed by atoms with Gasteiger partial charge in [-0.25, -0.2) is 14.1 Å². The number of hydrogen-bond donors (Lipinski definition) is 3. The number of aromatic nitrogens is 3. The van der Waals surface area contributed by atoms with Crippen molar-refractivity contribution < 1.29 is 27.2 Å². The Labute approximate surface area is 232 Å². The second-order valence-electron chi connectivity index (χ2n) is 10.7. The Kier molecular flexibility index (Phi) is 6.80. The summed E-state index contributed by atoms with van der Waals surface area (Å²) in [7, 11) is 0. The van der Waals surface area contributed by atoms with Gasteiger partial charge in [0.25, 0.3) is 11.8 Å². The van der Waals surface area contributed by atoms with Crippen molar-refractivity contribution in [3.8, 4) is 11.3 Å². The minimum absolute atomic E-state index is 0.00114. The van der Waals surface area contributed by atoms with Gasteiger partial charge in [-0.1, -0.05) is 32.9 Å². The molecule has 4 aromatic rings. The Morgan fingerprint density at radius 2 is 1.78 bits per heavy atom. The predicted molar refractivity (Wildman–Crippen MR) is 145 cm³/mol. The lowest BCUT2D eigenvalue weighted by Gasteiger charge is -2.21. The average molecular weight is 567 g/mol. The number of alkyl halides is 3. The summed E-state index contributed by atoms with van der Waals surface area (Å²) >= 11 is 0. The van der Waals surface area contributed by atoms with E-state index in [0.717, 1.165) is 35.1 Å². The maximum absolute atomic E-state index is 15.4. The summed E-state index contributed by atoms with van der Waals surface area (Å²) in [6.45, 7) is 6.75. The van der Waals surface area contributed by atoms with Crippen LogP contribution in [0.5, 0.6) is 0 Å². The standard InChI is InChI=1S/C29H26F4N6O2/c1-28(2,3)17-5-7-21-15(12-17)9-11-39-26(36-21)23(25(34)40)24(38-39)19-6-4-16(13-20(19)30)27(41)37-22-14-18(8-10-35-22)29(31,32)33/h4-8,10,12-14,36H,9,11H2,1-3H3,(H2,34,40)(H,35,37,41). The van der Waals surface area contributed by atoms with E-state index in [9.17, 15) is 22.8 Å². The van der Waals surface area contributed by atoms with Crippen LogP contribution in [-0.2, 0) is 24.6 Å². The molecule has 0 saturated heterocycles. The molecule has 2 aromatic heterocycles. The van der Waals surface area contributed by atoms with Gasteiger partial charge in [0.1, 0.15) is 28.7 Å². The third kappa shape index (κ3) is 5.49.